The number of methoxy groups -OCH3 is 1. The van der Waals surface area contributed by atoms with E-state index in [0.29, 0.717) is 31.9 Å². The Kier molecular flexibility index (Phi) is 5.40. The Balaban J connectivity index is 2.22. The summed E-state index contributed by atoms with van der Waals surface area (Å²) in [6.07, 6.45) is 1.17. The van der Waals surface area contributed by atoms with Crippen LogP contribution in [0.15, 0.2) is 5.38 Å². The zero-order chi connectivity index (χ0) is 15.5. The minimum atomic E-state index is -2.90. The van der Waals surface area contributed by atoms with Crippen molar-refractivity contribution >= 4 is 21.2 Å². The minimum Gasteiger partial charge on any atom is -0.383 e. The van der Waals surface area contributed by atoms with Crippen LogP contribution in [0.3, 0.4) is 0 Å². The van der Waals surface area contributed by atoms with E-state index in [1.54, 1.807) is 18.4 Å². The van der Waals surface area contributed by atoms with Crippen LogP contribution in [0.5, 0.6) is 0 Å². The van der Waals surface area contributed by atoms with E-state index < -0.39 is 9.84 Å². The van der Waals surface area contributed by atoms with Crippen molar-refractivity contribution in [1.82, 2.24) is 10.3 Å². The average molecular weight is 332 g/mol. The van der Waals surface area contributed by atoms with E-state index in [0.717, 1.165) is 10.7 Å². The van der Waals surface area contributed by atoms with Gasteiger partial charge in [0, 0.05) is 19.0 Å². The summed E-state index contributed by atoms with van der Waals surface area (Å²) in [5, 5.41) is 6.60. The molecule has 1 aliphatic rings. The molecule has 0 saturated carbocycles. The fraction of sp³-hybridized carbons (Fsp3) is 0.786. The largest absolute Gasteiger partial charge is 0.383 e. The van der Waals surface area contributed by atoms with Gasteiger partial charge in [-0.15, -0.1) is 11.3 Å². The van der Waals surface area contributed by atoms with Crippen molar-refractivity contribution in [2.45, 2.75) is 38.1 Å². The summed E-state index contributed by atoms with van der Waals surface area (Å²) in [6, 6.07) is 0. The van der Waals surface area contributed by atoms with E-state index in [1.807, 2.05) is 0 Å². The van der Waals surface area contributed by atoms with Crippen LogP contribution in [0.25, 0.3) is 0 Å². The second kappa shape index (κ2) is 6.73. The maximum atomic E-state index is 11.7. The molecule has 1 aromatic heterocycles. The highest BCUT2D eigenvalue weighted by Gasteiger charge is 2.40. The number of aromatic nitrogens is 1. The van der Waals surface area contributed by atoms with Crippen molar-refractivity contribution in [2.75, 3.05) is 31.8 Å². The van der Waals surface area contributed by atoms with Crippen LogP contribution in [-0.4, -0.2) is 45.2 Å². The van der Waals surface area contributed by atoms with Gasteiger partial charge in [-0.1, -0.05) is 13.8 Å². The molecule has 21 heavy (non-hydrogen) atoms. The molecule has 2 heterocycles. The summed E-state index contributed by atoms with van der Waals surface area (Å²) in [5.41, 5.74) is 0.762. The highest BCUT2D eigenvalue weighted by Crippen LogP contribution is 2.36. The topological polar surface area (TPSA) is 68.3 Å². The third kappa shape index (κ3) is 4.03. The first-order valence-electron chi connectivity index (χ1n) is 7.29. The van der Waals surface area contributed by atoms with Crippen LogP contribution in [0.1, 0.15) is 43.3 Å². The highest BCUT2D eigenvalue weighted by molar-refractivity contribution is 7.91. The van der Waals surface area contributed by atoms with Crippen LogP contribution in [0.4, 0.5) is 0 Å². The van der Waals surface area contributed by atoms with Gasteiger partial charge in [-0.2, -0.15) is 0 Å². The van der Waals surface area contributed by atoms with Gasteiger partial charge in [0.1, 0.15) is 14.8 Å². The van der Waals surface area contributed by atoms with E-state index in [1.165, 1.54) is 0 Å². The molecule has 1 aromatic rings. The smallest absolute Gasteiger partial charge is 0.150 e. The third-order valence-electron chi connectivity index (χ3n) is 3.97. The summed E-state index contributed by atoms with van der Waals surface area (Å²) >= 11 is 1.63. The zero-order valence-electron chi connectivity index (χ0n) is 12.9. The van der Waals surface area contributed by atoms with Gasteiger partial charge in [0.2, 0.25) is 0 Å². The summed E-state index contributed by atoms with van der Waals surface area (Å²) in [7, 11) is -1.23. The summed E-state index contributed by atoms with van der Waals surface area (Å²) in [4.78, 5) is 4.75. The predicted molar refractivity (Wildman–Crippen MR) is 85.6 cm³/mol. The van der Waals surface area contributed by atoms with Crippen molar-refractivity contribution in [3.63, 3.8) is 0 Å². The Hall–Kier alpha value is -0.500. The van der Waals surface area contributed by atoms with Gasteiger partial charge >= 0.3 is 0 Å². The molecular weight excluding hydrogens is 308 g/mol. The lowest BCUT2D eigenvalue weighted by atomic mass is 9.92. The molecule has 120 valence electrons. The molecule has 0 atom stereocenters. The highest BCUT2D eigenvalue weighted by atomic mass is 32.2. The lowest BCUT2D eigenvalue weighted by Crippen LogP contribution is -2.49. The van der Waals surface area contributed by atoms with E-state index in [2.05, 4.69) is 24.5 Å². The summed E-state index contributed by atoms with van der Waals surface area (Å²) in [6.45, 7) is 5.55. The Morgan fingerprint density at radius 3 is 2.62 bits per heavy atom. The van der Waals surface area contributed by atoms with Crippen LogP contribution in [0.2, 0.25) is 0 Å². The number of sulfone groups is 1. The molecule has 1 aliphatic heterocycles. The summed E-state index contributed by atoms with van der Waals surface area (Å²) in [5.74, 6) is 0.839. The lowest BCUT2D eigenvalue weighted by molar-refractivity contribution is 0.179. The van der Waals surface area contributed by atoms with E-state index in [-0.39, 0.29) is 17.0 Å². The molecule has 0 spiro atoms. The lowest BCUT2D eigenvalue weighted by Gasteiger charge is -2.36. The number of hydrogen-bond donors (Lipinski definition) is 1. The Labute approximate surface area is 131 Å². The molecule has 0 bridgehead atoms. The van der Waals surface area contributed by atoms with Gasteiger partial charge in [0.25, 0.3) is 0 Å². The summed E-state index contributed by atoms with van der Waals surface area (Å²) < 4.78 is 28.6. The van der Waals surface area contributed by atoms with Gasteiger partial charge in [-0.3, -0.25) is 0 Å². The molecule has 0 aromatic carbocycles. The number of hydrogen-bond acceptors (Lipinski definition) is 6. The SMILES string of the molecule is COCCNC1(c2nc(C(C)C)cs2)CCS(=O)(=O)CC1. The molecular formula is C14H24N2O3S2. The van der Waals surface area contributed by atoms with Crippen molar-refractivity contribution in [1.29, 1.82) is 0 Å². The molecule has 0 radical (unpaired) electrons. The number of ether oxygens (including phenoxy) is 1. The Morgan fingerprint density at radius 2 is 2.10 bits per heavy atom. The van der Waals surface area contributed by atoms with Gasteiger partial charge < -0.3 is 10.1 Å². The molecule has 0 aliphatic carbocycles. The molecule has 1 N–H and O–H groups in total. The van der Waals surface area contributed by atoms with E-state index in [9.17, 15) is 8.42 Å². The molecule has 5 nitrogen and oxygen atoms in total. The normalized spacial score (nSPS) is 20.8. The average Bonchev–Trinajstić information content (AvgIpc) is 2.92. The number of rotatable bonds is 6. The molecule has 7 heteroatoms. The van der Waals surface area contributed by atoms with Gasteiger partial charge in [-0.25, -0.2) is 13.4 Å². The van der Waals surface area contributed by atoms with Gasteiger partial charge in [-0.05, 0) is 18.8 Å². The van der Waals surface area contributed by atoms with E-state index in [4.69, 9.17) is 9.72 Å². The van der Waals surface area contributed by atoms with E-state index >= 15 is 0 Å². The zero-order valence-corrected chi connectivity index (χ0v) is 14.5. The number of nitrogens with one attached hydrogen (secondary N) is 1. The van der Waals surface area contributed by atoms with Crippen LogP contribution >= 0.6 is 11.3 Å². The Morgan fingerprint density at radius 1 is 1.43 bits per heavy atom. The van der Waals surface area contributed by atoms with Crippen molar-refractivity contribution < 1.29 is 13.2 Å². The maximum absolute atomic E-state index is 11.7. The molecule has 2 rings (SSSR count). The van der Waals surface area contributed by atoms with Crippen LogP contribution in [0, 0.1) is 0 Å². The Bertz CT molecular complexity index is 553. The van der Waals surface area contributed by atoms with Crippen molar-refractivity contribution in [3.8, 4) is 0 Å². The molecule has 0 amide bonds. The fourth-order valence-electron chi connectivity index (χ4n) is 2.52. The third-order valence-corrected chi connectivity index (χ3v) is 6.69. The first-order chi connectivity index (χ1) is 9.88. The van der Waals surface area contributed by atoms with Gasteiger partial charge in [0.15, 0.2) is 0 Å². The van der Waals surface area contributed by atoms with Gasteiger partial charge in [0.05, 0.1) is 29.3 Å². The standard InChI is InChI=1S/C14H24N2O3S2/c1-11(2)12-10-20-13(16-12)14(15-6-7-19-3)4-8-21(17,18)9-5-14/h10-11,15H,4-9H2,1-3H3. The van der Waals surface area contributed by atoms with Crippen molar-refractivity contribution in [2.24, 2.45) is 0 Å². The van der Waals surface area contributed by atoms with Crippen molar-refractivity contribution in [3.05, 3.63) is 16.1 Å². The van der Waals surface area contributed by atoms with Crippen LogP contribution < -0.4 is 5.32 Å². The second-order valence-electron chi connectivity index (χ2n) is 5.89. The number of thiazole rings is 1. The van der Waals surface area contributed by atoms with Crippen LogP contribution in [-0.2, 0) is 20.1 Å². The minimum absolute atomic E-state index is 0.226. The monoisotopic (exact) mass is 332 g/mol. The number of nitrogens with zero attached hydrogens (tertiary/aromatic N) is 1. The first kappa shape index (κ1) is 16.9. The fourth-order valence-corrected chi connectivity index (χ4v) is 5.26. The first-order valence-corrected chi connectivity index (χ1v) is 9.99. The maximum Gasteiger partial charge on any atom is 0.150 e. The molecule has 0 unspecified atom stereocenters. The quantitative estimate of drug-likeness (QED) is 0.806. The molecule has 1 saturated heterocycles. The molecule has 1 fully saturated rings. The second-order valence-corrected chi connectivity index (χ2v) is 9.05. The predicted octanol–water partition coefficient (Wildman–Crippen LogP) is 1.91.